The second kappa shape index (κ2) is 4.52. The lowest BCUT2D eigenvalue weighted by molar-refractivity contribution is -0.275. The molecule has 1 aromatic heterocycles. The van der Waals surface area contributed by atoms with Crippen molar-refractivity contribution in [2.45, 2.75) is 6.36 Å². The Morgan fingerprint density at radius 1 is 1.53 bits per heavy atom. The van der Waals surface area contributed by atoms with E-state index in [1.54, 1.807) is 28.7 Å². The molecule has 0 saturated carbocycles. The second-order valence-corrected chi connectivity index (χ2v) is 4.16. The molecule has 80 valence electrons. The second-order valence-electron chi connectivity index (χ2n) is 2.27. The molecule has 15 heavy (non-hydrogen) atoms. The van der Waals surface area contributed by atoms with Crippen LogP contribution in [0.5, 0.6) is 5.75 Å². The molecule has 0 radical (unpaired) electrons. The van der Waals surface area contributed by atoms with E-state index in [0.717, 1.165) is 6.07 Å². The average Bonchev–Trinajstić information content (AvgIpc) is 2.08. The van der Waals surface area contributed by atoms with Crippen molar-refractivity contribution >= 4 is 38.5 Å². The number of nitriles is 1. The van der Waals surface area contributed by atoms with Crippen LogP contribution < -0.4 is 4.74 Å². The molecule has 3 nitrogen and oxygen atoms in total. The van der Waals surface area contributed by atoms with Crippen LogP contribution in [0.1, 0.15) is 5.69 Å². The van der Waals surface area contributed by atoms with Crippen molar-refractivity contribution in [1.29, 1.82) is 5.26 Å². The van der Waals surface area contributed by atoms with E-state index in [9.17, 15) is 13.2 Å². The highest BCUT2D eigenvalue weighted by Gasteiger charge is 2.32. The van der Waals surface area contributed by atoms with Gasteiger partial charge in [-0.3, -0.25) is 0 Å². The van der Waals surface area contributed by atoms with Crippen molar-refractivity contribution in [1.82, 2.24) is 4.98 Å². The molecule has 0 fully saturated rings. The number of nitrogens with zero attached hydrogens (tertiary/aromatic N) is 2. The van der Waals surface area contributed by atoms with E-state index < -0.39 is 12.1 Å². The first-order chi connectivity index (χ1) is 6.83. The van der Waals surface area contributed by atoms with Crippen molar-refractivity contribution in [3.05, 3.63) is 19.9 Å². The molecular weight excluding hydrogens is 392 g/mol. The molecule has 0 saturated heterocycles. The van der Waals surface area contributed by atoms with Crippen LogP contribution in [0, 0.1) is 14.9 Å². The Morgan fingerprint density at radius 2 is 2.13 bits per heavy atom. The third-order valence-corrected chi connectivity index (χ3v) is 2.67. The van der Waals surface area contributed by atoms with Crippen molar-refractivity contribution < 1.29 is 17.9 Å². The summed E-state index contributed by atoms with van der Waals surface area (Å²) in [6, 6.07) is 2.72. The first-order valence-corrected chi connectivity index (χ1v) is 5.22. The fourth-order valence-electron chi connectivity index (χ4n) is 0.749. The molecule has 0 atom stereocenters. The molecule has 0 aromatic carbocycles. The molecule has 1 aromatic rings. The smallest absolute Gasteiger partial charge is 0.404 e. The zero-order chi connectivity index (χ0) is 11.6. The number of aromatic nitrogens is 1. The molecular formula is C7HBrF3IN2O. The normalized spacial score (nSPS) is 10.9. The molecule has 0 aliphatic carbocycles. The molecule has 0 N–H and O–H groups in total. The quantitative estimate of drug-likeness (QED) is 0.544. The van der Waals surface area contributed by atoms with Crippen molar-refractivity contribution in [2.75, 3.05) is 0 Å². The fourth-order valence-corrected chi connectivity index (χ4v) is 1.64. The number of hydrogen-bond donors (Lipinski definition) is 0. The van der Waals surface area contributed by atoms with Crippen LogP contribution >= 0.6 is 38.5 Å². The number of alkyl halides is 3. The molecule has 0 spiro atoms. The van der Waals surface area contributed by atoms with Gasteiger partial charge in [0.25, 0.3) is 0 Å². The van der Waals surface area contributed by atoms with Crippen LogP contribution in [0.3, 0.4) is 0 Å². The highest BCUT2D eigenvalue weighted by molar-refractivity contribution is 14.1. The van der Waals surface area contributed by atoms with Crippen LogP contribution in [0.25, 0.3) is 0 Å². The molecule has 8 heteroatoms. The molecule has 0 bridgehead atoms. The predicted molar refractivity (Wildman–Crippen MR) is 56.1 cm³/mol. The van der Waals surface area contributed by atoms with Crippen LogP contribution in [-0.4, -0.2) is 11.3 Å². The standard InChI is InChI=1S/C7HBrF3IN2O/c8-5-1-4(15-7(9,10)11)6(12)3(2-13)14-5/h1H. The van der Waals surface area contributed by atoms with Gasteiger partial charge in [-0.05, 0) is 38.5 Å². The number of ether oxygens (including phenoxy) is 1. The Hall–Kier alpha value is -0.560. The van der Waals surface area contributed by atoms with Crippen LogP contribution in [0.2, 0.25) is 0 Å². The predicted octanol–water partition coefficient (Wildman–Crippen LogP) is 3.22. The zero-order valence-corrected chi connectivity index (χ0v) is 10.5. The Morgan fingerprint density at radius 3 is 2.60 bits per heavy atom. The average molecular weight is 393 g/mol. The van der Waals surface area contributed by atoms with Crippen molar-refractivity contribution in [3.63, 3.8) is 0 Å². The molecule has 0 unspecified atom stereocenters. The summed E-state index contributed by atoms with van der Waals surface area (Å²) in [7, 11) is 0. The lowest BCUT2D eigenvalue weighted by Gasteiger charge is -2.10. The molecule has 0 aliphatic heterocycles. The first-order valence-electron chi connectivity index (χ1n) is 3.35. The van der Waals surface area contributed by atoms with Crippen LogP contribution in [-0.2, 0) is 0 Å². The van der Waals surface area contributed by atoms with Gasteiger partial charge in [-0.1, -0.05) is 0 Å². The summed E-state index contributed by atoms with van der Waals surface area (Å²) < 4.78 is 39.7. The summed E-state index contributed by atoms with van der Waals surface area (Å²) in [5, 5.41) is 8.59. The minimum atomic E-state index is -4.78. The minimum Gasteiger partial charge on any atom is -0.404 e. The topological polar surface area (TPSA) is 45.9 Å². The summed E-state index contributed by atoms with van der Waals surface area (Å²) in [5.41, 5.74) is -0.121. The van der Waals surface area contributed by atoms with Gasteiger partial charge in [-0.25, -0.2) is 4.98 Å². The van der Waals surface area contributed by atoms with Gasteiger partial charge in [0.2, 0.25) is 0 Å². The van der Waals surface area contributed by atoms with Gasteiger partial charge in [0.1, 0.15) is 16.4 Å². The van der Waals surface area contributed by atoms with E-state index >= 15 is 0 Å². The summed E-state index contributed by atoms with van der Waals surface area (Å²) in [6.45, 7) is 0. The van der Waals surface area contributed by atoms with Gasteiger partial charge in [0.15, 0.2) is 5.69 Å². The number of hydrogen-bond acceptors (Lipinski definition) is 3. The zero-order valence-electron chi connectivity index (χ0n) is 6.77. The lowest BCUT2D eigenvalue weighted by Crippen LogP contribution is -2.18. The summed E-state index contributed by atoms with van der Waals surface area (Å²) >= 11 is 4.45. The van der Waals surface area contributed by atoms with Crippen molar-refractivity contribution in [2.24, 2.45) is 0 Å². The maximum absolute atomic E-state index is 11.9. The highest BCUT2D eigenvalue weighted by atomic mass is 127. The van der Waals surface area contributed by atoms with E-state index in [1.807, 2.05) is 0 Å². The van der Waals surface area contributed by atoms with E-state index in [4.69, 9.17) is 5.26 Å². The van der Waals surface area contributed by atoms with Crippen LogP contribution in [0.15, 0.2) is 10.7 Å². The van der Waals surface area contributed by atoms with E-state index in [1.165, 1.54) is 0 Å². The number of halogens is 5. The third kappa shape index (κ3) is 3.49. The van der Waals surface area contributed by atoms with E-state index in [0.29, 0.717) is 0 Å². The minimum absolute atomic E-state index is 0.0237. The van der Waals surface area contributed by atoms with Gasteiger partial charge < -0.3 is 4.74 Å². The van der Waals surface area contributed by atoms with Gasteiger partial charge in [0, 0.05) is 6.07 Å². The van der Waals surface area contributed by atoms with E-state index in [2.05, 4.69) is 25.7 Å². The summed E-state index contributed by atoms with van der Waals surface area (Å²) in [6.07, 6.45) is -4.78. The Bertz CT molecular complexity index is 429. The highest BCUT2D eigenvalue weighted by Crippen LogP contribution is 2.30. The number of pyridine rings is 1. The Balaban J connectivity index is 3.20. The van der Waals surface area contributed by atoms with Crippen LogP contribution in [0.4, 0.5) is 13.2 Å². The van der Waals surface area contributed by atoms with Gasteiger partial charge >= 0.3 is 6.36 Å². The molecule has 0 amide bonds. The lowest BCUT2D eigenvalue weighted by atomic mass is 10.3. The molecule has 0 aliphatic rings. The summed E-state index contributed by atoms with van der Waals surface area (Å²) in [4.78, 5) is 3.68. The largest absolute Gasteiger partial charge is 0.573 e. The maximum Gasteiger partial charge on any atom is 0.573 e. The third-order valence-electron chi connectivity index (χ3n) is 1.22. The van der Waals surface area contributed by atoms with Gasteiger partial charge in [-0.2, -0.15) is 5.26 Å². The SMILES string of the molecule is N#Cc1nc(Br)cc(OC(F)(F)F)c1I. The van der Waals surface area contributed by atoms with Gasteiger partial charge in [-0.15, -0.1) is 13.2 Å². The Labute approximate surface area is 105 Å². The Kier molecular flexibility index (Phi) is 3.77. The monoisotopic (exact) mass is 392 g/mol. The number of rotatable bonds is 1. The maximum atomic E-state index is 11.9. The van der Waals surface area contributed by atoms with Crippen molar-refractivity contribution in [3.8, 4) is 11.8 Å². The summed E-state index contributed by atoms with van der Waals surface area (Å²) in [5.74, 6) is -0.443. The molecule has 1 heterocycles. The molecule has 1 rings (SSSR count). The van der Waals surface area contributed by atoms with E-state index in [-0.39, 0.29) is 13.9 Å². The first kappa shape index (κ1) is 12.5. The fraction of sp³-hybridized carbons (Fsp3) is 0.143. The van der Waals surface area contributed by atoms with Gasteiger partial charge in [0.05, 0.1) is 3.57 Å².